The molecule has 0 spiro atoms. The molecular formula is C27H20FN5O4. The largest absolute Gasteiger partial charge is 0.465 e. The Morgan fingerprint density at radius 3 is 2.46 bits per heavy atom. The van der Waals surface area contributed by atoms with Gasteiger partial charge < -0.3 is 20.3 Å². The average molecular weight is 497 g/mol. The molecule has 2 amide bonds. The number of fused-ring (bicyclic) bond motifs is 2. The molecule has 0 unspecified atom stereocenters. The number of hydrogen-bond donors (Lipinski definition) is 3. The summed E-state index contributed by atoms with van der Waals surface area (Å²) < 4.78 is 14.8. The molecule has 1 aliphatic rings. The van der Waals surface area contributed by atoms with Gasteiger partial charge in [-0.2, -0.15) is 5.10 Å². The molecule has 3 aromatic carbocycles. The predicted octanol–water partition coefficient (Wildman–Crippen LogP) is 3.60. The number of carbonyl (C=O) groups excluding carboxylic acids is 1. The number of hydrogen-bond acceptors (Lipinski definition) is 4. The number of carbonyl (C=O) groups is 2. The van der Waals surface area contributed by atoms with Crippen molar-refractivity contribution in [2.75, 3.05) is 13.1 Å². The molecule has 184 valence electrons. The number of halogens is 1. The number of likely N-dealkylation sites (tertiary alicyclic amines) is 1. The second kappa shape index (κ2) is 8.30. The summed E-state index contributed by atoms with van der Waals surface area (Å²) in [4.78, 5) is 41.4. The average Bonchev–Trinajstić information content (AvgIpc) is 3.31. The number of benzene rings is 3. The summed E-state index contributed by atoms with van der Waals surface area (Å²) in [5.74, 6) is -1.02. The van der Waals surface area contributed by atoms with Gasteiger partial charge in [-0.3, -0.25) is 9.59 Å². The molecule has 1 saturated heterocycles. The van der Waals surface area contributed by atoms with Crippen LogP contribution in [0.5, 0.6) is 0 Å². The van der Waals surface area contributed by atoms with Gasteiger partial charge in [-0.15, -0.1) is 0 Å². The lowest BCUT2D eigenvalue weighted by molar-refractivity contribution is 0.0362. The molecule has 1 aliphatic heterocycles. The van der Waals surface area contributed by atoms with E-state index in [9.17, 15) is 23.9 Å². The van der Waals surface area contributed by atoms with E-state index >= 15 is 0 Å². The first-order valence-corrected chi connectivity index (χ1v) is 11.5. The number of amides is 2. The molecule has 3 N–H and O–H groups in total. The van der Waals surface area contributed by atoms with Crippen molar-refractivity contribution in [3.63, 3.8) is 0 Å². The van der Waals surface area contributed by atoms with Crippen LogP contribution in [0.1, 0.15) is 16.1 Å². The van der Waals surface area contributed by atoms with Gasteiger partial charge in [0, 0.05) is 11.6 Å². The van der Waals surface area contributed by atoms with Gasteiger partial charge >= 0.3 is 6.09 Å². The van der Waals surface area contributed by atoms with Crippen LogP contribution in [0.15, 0.2) is 83.8 Å². The Bertz CT molecular complexity index is 1750. The van der Waals surface area contributed by atoms with Crippen molar-refractivity contribution in [2.24, 2.45) is 0 Å². The highest BCUT2D eigenvalue weighted by Gasteiger charge is 2.48. The van der Waals surface area contributed by atoms with Crippen molar-refractivity contribution < 1.29 is 19.1 Å². The molecule has 0 bridgehead atoms. The Morgan fingerprint density at radius 2 is 1.73 bits per heavy atom. The standard InChI is InChI=1S/C27H20FN5O4/c28-20-9-7-19(8-10-20)27(14-32(15-27)26(36)37)30-24(34)21-12-23-25(35)29-22(13-33(23)31-21)18-6-5-16-3-1-2-4-17(16)11-18/h1-13H,14-15H2,(H,29,35)(H,30,34)(H,36,37). The van der Waals surface area contributed by atoms with Gasteiger partial charge in [0.1, 0.15) is 16.9 Å². The molecule has 2 aromatic heterocycles. The molecule has 6 rings (SSSR count). The summed E-state index contributed by atoms with van der Waals surface area (Å²) in [5.41, 5.74) is 0.630. The van der Waals surface area contributed by atoms with Crippen molar-refractivity contribution in [1.29, 1.82) is 0 Å². The quantitative estimate of drug-likeness (QED) is 0.351. The molecule has 10 heteroatoms. The fourth-order valence-electron chi connectivity index (χ4n) is 4.74. The normalized spacial score (nSPS) is 14.5. The van der Waals surface area contributed by atoms with E-state index in [1.165, 1.54) is 34.8 Å². The number of carboxylic acid groups (broad SMARTS) is 1. The van der Waals surface area contributed by atoms with Crippen molar-refractivity contribution in [2.45, 2.75) is 5.54 Å². The zero-order chi connectivity index (χ0) is 25.7. The van der Waals surface area contributed by atoms with Crippen LogP contribution in [0.3, 0.4) is 0 Å². The van der Waals surface area contributed by atoms with Crippen LogP contribution < -0.4 is 10.9 Å². The Kier molecular flexibility index (Phi) is 5.04. The third-order valence-electron chi connectivity index (χ3n) is 6.70. The van der Waals surface area contributed by atoms with Crippen LogP contribution >= 0.6 is 0 Å². The number of aromatic amines is 1. The highest BCUT2D eigenvalue weighted by Crippen LogP contribution is 2.33. The van der Waals surface area contributed by atoms with E-state index in [2.05, 4.69) is 15.4 Å². The fourth-order valence-corrected chi connectivity index (χ4v) is 4.74. The summed E-state index contributed by atoms with van der Waals surface area (Å²) >= 11 is 0. The molecule has 0 saturated carbocycles. The van der Waals surface area contributed by atoms with Gasteiger partial charge in [-0.05, 0) is 34.5 Å². The molecule has 37 heavy (non-hydrogen) atoms. The van der Waals surface area contributed by atoms with E-state index in [1.807, 2.05) is 42.5 Å². The van der Waals surface area contributed by atoms with Crippen LogP contribution in [-0.4, -0.2) is 49.7 Å². The number of aromatic nitrogens is 3. The predicted molar refractivity (Wildman–Crippen MR) is 134 cm³/mol. The molecule has 1 fully saturated rings. The smallest absolute Gasteiger partial charge is 0.407 e. The molecule has 0 aliphatic carbocycles. The lowest BCUT2D eigenvalue weighted by Gasteiger charge is -2.49. The van der Waals surface area contributed by atoms with E-state index in [4.69, 9.17) is 0 Å². The molecule has 0 radical (unpaired) electrons. The van der Waals surface area contributed by atoms with Gasteiger partial charge in [0.05, 0.1) is 25.0 Å². The van der Waals surface area contributed by atoms with Gasteiger partial charge in [-0.25, -0.2) is 13.7 Å². The monoisotopic (exact) mass is 497 g/mol. The Hall–Kier alpha value is -4.99. The zero-order valence-corrected chi connectivity index (χ0v) is 19.3. The van der Waals surface area contributed by atoms with E-state index in [1.54, 1.807) is 6.20 Å². The van der Waals surface area contributed by atoms with E-state index in [0.717, 1.165) is 21.2 Å². The Morgan fingerprint density at radius 1 is 1.00 bits per heavy atom. The molecule has 3 heterocycles. The van der Waals surface area contributed by atoms with Crippen LogP contribution in [0.25, 0.3) is 27.5 Å². The maximum atomic E-state index is 13.5. The Balaban J connectivity index is 1.33. The first-order valence-electron chi connectivity index (χ1n) is 11.5. The van der Waals surface area contributed by atoms with Gasteiger partial charge in [0.15, 0.2) is 5.69 Å². The third kappa shape index (κ3) is 3.88. The van der Waals surface area contributed by atoms with Crippen LogP contribution in [0.2, 0.25) is 0 Å². The number of H-pyrrole nitrogens is 1. The zero-order valence-electron chi connectivity index (χ0n) is 19.3. The molecular weight excluding hydrogens is 477 g/mol. The highest BCUT2D eigenvalue weighted by atomic mass is 19.1. The second-order valence-electron chi connectivity index (χ2n) is 9.10. The van der Waals surface area contributed by atoms with Gasteiger partial charge in [0.2, 0.25) is 0 Å². The van der Waals surface area contributed by atoms with Crippen LogP contribution in [0, 0.1) is 5.82 Å². The third-order valence-corrected chi connectivity index (χ3v) is 6.70. The number of rotatable bonds is 4. The van der Waals surface area contributed by atoms with E-state index < -0.39 is 28.9 Å². The topological polar surface area (TPSA) is 120 Å². The second-order valence-corrected chi connectivity index (χ2v) is 9.10. The van der Waals surface area contributed by atoms with Crippen molar-refractivity contribution >= 4 is 28.3 Å². The van der Waals surface area contributed by atoms with Gasteiger partial charge in [0.25, 0.3) is 11.5 Å². The summed E-state index contributed by atoms with van der Waals surface area (Å²) in [6.07, 6.45) is 0.524. The van der Waals surface area contributed by atoms with E-state index in [0.29, 0.717) is 11.3 Å². The van der Waals surface area contributed by atoms with Crippen molar-refractivity contribution in [3.05, 3.63) is 106 Å². The number of nitrogens with zero attached hydrogens (tertiary/aromatic N) is 3. The molecule has 0 atom stereocenters. The summed E-state index contributed by atoms with van der Waals surface area (Å²) in [7, 11) is 0. The van der Waals surface area contributed by atoms with Crippen LogP contribution in [0.4, 0.5) is 9.18 Å². The summed E-state index contributed by atoms with van der Waals surface area (Å²) in [6, 6.07) is 20.6. The maximum Gasteiger partial charge on any atom is 0.407 e. The molecule has 5 aromatic rings. The number of nitrogens with one attached hydrogen (secondary N) is 2. The van der Waals surface area contributed by atoms with Crippen molar-refractivity contribution in [3.8, 4) is 11.3 Å². The van der Waals surface area contributed by atoms with Gasteiger partial charge in [-0.1, -0.05) is 48.5 Å². The first-order chi connectivity index (χ1) is 17.8. The first kappa shape index (κ1) is 22.5. The minimum Gasteiger partial charge on any atom is -0.465 e. The lowest BCUT2D eigenvalue weighted by Crippen LogP contribution is -2.68. The van der Waals surface area contributed by atoms with E-state index in [-0.39, 0.29) is 24.3 Å². The summed E-state index contributed by atoms with van der Waals surface area (Å²) in [6.45, 7) is -0.000452. The maximum absolute atomic E-state index is 13.5. The molecule has 9 nitrogen and oxygen atoms in total. The fraction of sp³-hybridized carbons (Fsp3) is 0.111. The Labute approximate surface area is 208 Å². The minimum absolute atomic E-state index is 0.000226. The van der Waals surface area contributed by atoms with Crippen LogP contribution in [-0.2, 0) is 5.54 Å². The lowest BCUT2D eigenvalue weighted by atomic mass is 9.82. The highest BCUT2D eigenvalue weighted by molar-refractivity contribution is 5.94. The SMILES string of the molecule is O=C(NC1(c2ccc(F)cc2)CN(C(=O)O)C1)c1cc2c(=O)[nH]c(-c3ccc4ccccc4c3)cn2n1. The minimum atomic E-state index is -1.12. The van der Waals surface area contributed by atoms with Crippen molar-refractivity contribution in [1.82, 2.24) is 24.8 Å². The summed E-state index contributed by atoms with van der Waals surface area (Å²) in [5, 5.41) is 18.6.